The van der Waals surface area contributed by atoms with Crippen LogP contribution in [0.1, 0.15) is 12.0 Å². The molecular formula is C20H18N2O5S3. The highest BCUT2D eigenvalue weighted by Crippen LogP contribution is 2.44. The van der Waals surface area contributed by atoms with E-state index in [9.17, 15) is 13.2 Å². The van der Waals surface area contributed by atoms with E-state index in [0.29, 0.717) is 27.4 Å². The maximum atomic E-state index is 13.2. The SMILES string of the molecule is O=C1/C(=C2/Oc3ccccc3N2CCCS(=O)(=O)O)SC(=S)N1Cc1ccccc1. The number of carbonyl (C=O) groups is 1. The molecule has 2 aromatic carbocycles. The Balaban J connectivity index is 1.63. The molecule has 0 saturated carbocycles. The van der Waals surface area contributed by atoms with Gasteiger partial charge in [-0.2, -0.15) is 8.42 Å². The third-order valence-electron chi connectivity index (χ3n) is 4.62. The van der Waals surface area contributed by atoms with Gasteiger partial charge < -0.3 is 9.64 Å². The fourth-order valence-corrected chi connectivity index (χ4v) is 5.02. The van der Waals surface area contributed by atoms with E-state index in [1.807, 2.05) is 48.5 Å². The van der Waals surface area contributed by atoms with Crippen LogP contribution in [0.5, 0.6) is 5.75 Å². The summed E-state index contributed by atoms with van der Waals surface area (Å²) in [5, 5.41) is 0. The number of rotatable bonds is 6. The molecule has 2 aliphatic heterocycles. The molecule has 30 heavy (non-hydrogen) atoms. The molecule has 0 aliphatic carbocycles. The fourth-order valence-electron chi connectivity index (χ4n) is 3.26. The number of anilines is 1. The number of thioether (sulfide) groups is 1. The van der Waals surface area contributed by atoms with Crippen molar-refractivity contribution >= 4 is 50.0 Å². The second kappa shape index (κ2) is 8.38. The first-order valence-corrected chi connectivity index (χ1v) is 12.0. The van der Waals surface area contributed by atoms with Gasteiger partial charge in [-0.3, -0.25) is 14.2 Å². The van der Waals surface area contributed by atoms with Gasteiger partial charge in [0.25, 0.3) is 16.0 Å². The summed E-state index contributed by atoms with van der Waals surface area (Å²) in [6, 6.07) is 16.8. The van der Waals surface area contributed by atoms with E-state index in [-0.39, 0.29) is 24.6 Å². The largest absolute Gasteiger partial charge is 0.437 e. The highest BCUT2D eigenvalue weighted by atomic mass is 32.2. The van der Waals surface area contributed by atoms with Crippen molar-refractivity contribution in [3.63, 3.8) is 0 Å². The summed E-state index contributed by atoms with van der Waals surface area (Å²) in [6.45, 7) is 0.618. The van der Waals surface area contributed by atoms with Gasteiger partial charge in [-0.1, -0.05) is 54.7 Å². The molecule has 1 fully saturated rings. The molecule has 0 spiro atoms. The van der Waals surface area contributed by atoms with Crippen LogP contribution >= 0.6 is 24.0 Å². The summed E-state index contributed by atoms with van der Waals surface area (Å²) < 4.78 is 37.7. The van der Waals surface area contributed by atoms with Gasteiger partial charge in [0.05, 0.1) is 18.0 Å². The normalized spacial score (nSPS) is 18.7. The van der Waals surface area contributed by atoms with Gasteiger partial charge >= 0.3 is 0 Å². The molecule has 4 rings (SSSR count). The van der Waals surface area contributed by atoms with Crippen molar-refractivity contribution < 1.29 is 22.5 Å². The average Bonchev–Trinajstić information content (AvgIpc) is 3.20. The van der Waals surface area contributed by atoms with Crippen molar-refractivity contribution in [2.24, 2.45) is 0 Å². The van der Waals surface area contributed by atoms with Crippen LogP contribution in [0.2, 0.25) is 0 Å². The average molecular weight is 463 g/mol. The van der Waals surface area contributed by atoms with Gasteiger partial charge in [-0.05, 0) is 35.9 Å². The summed E-state index contributed by atoms with van der Waals surface area (Å²) >= 11 is 6.60. The Bertz CT molecular complexity index is 1130. The van der Waals surface area contributed by atoms with Gasteiger partial charge in [0.2, 0.25) is 5.88 Å². The highest BCUT2D eigenvalue weighted by Gasteiger charge is 2.40. The van der Waals surface area contributed by atoms with Crippen molar-refractivity contribution in [3.05, 3.63) is 70.9 Å². The fraction of sp³-hybridized carbons (Fsp3) is 0.200. The summed E-state index contributed by atoms with van der Waals surface area (Å²) in [5.41, 5.74) is 1.69. The van der Waals surface area contributed by atoms with Gasteiger partial charge in [0, 0.05) is 6.54 Å². The number of benzene rings is 2. The van der Waals surface area contributed by atoms with Gasteiger partial charge in [0.1, 0.15) is 9.23 Å². The Morgan fingerprint density at radius 2 is 1.73 bits per heavy atom. The Kier molecular flexibility index (Phi) is 5.83. The molecule has 1 amide bonds. The van der Waals surface area contributed by atoms with Crippen LogP contribution in [0.3, 0.4) is 0 Å². The number of hydrogen-bond donors (Lipinski definition) is 1. The van der Waals surface area contributed by atoms with Crippen LogP contribution in [-0.4, -0.2) is 40.4 Å². The highest BCUT2D eigenvalue weighted by molar-refractivity contribution is 8.26. The molecule has 2 aromatic rings. The minimum atomic E-state index is -4.08. The molecule has 1 saturated heterocycles. The zero-order chi connectivity index (χ0) is 21.3. The van der Waals surface area contributed by atoms with Crippen LogP contribution in [0.4, 0.5) is 5.69 Å². The van der Waals surface area contributed by atoms with Crippen molar-refractivity contribution in [1.29, 1.82) is 0 Å². The maximum absolute atomic E-state index is 13.2. The monoisotopic (exact) mass is 462 g/mol. The third-order valence-corrected chi connectivity index (χ3v) is 6.84. The van der Waals surface area contributed by atoms with Gasteiger partial charge in [-0.15, -0.1) is 0 Å². The topological polar surface area (TPSA) is 87.1 Å². The lowest BCUT2D eigenvalue weighted by molar-refractivity contribution is -0.122. The van der Waals surface area contributed by atoms with Gasteiger partial charge in [0.15, 0.2) is 5.75 Å². The molecule has 7 nitrogen and oxygen atoms in total. The lowest BCUT2D eigenvalue weighted by Crippen LogP contribution is -2.30. The van der Waals surface area contributed by atoms with Crippen molar-refractivity contribution in [2.75, 3.05) is 17.2 Å². The van der Waals surface area contributed by atoms with E-state index >= 15 is 0 Å². The van der Waals surface area contributed by atoms with Crippen molar-refractivity contribution in [2.45, 2.75) is 13.0 Å². The van der Waals surface area contributed by atoms with Crippen LogP contribution in [-0.2, 0) is 21.5 Å². The van der Waals surface area contributed by atoms with Crippen LogP contribution in [0.15, 0.2) is 65.4 Å². The number of ether oxygens (including phenoxy) is 1. The number of carbonyl (C=O) groups excluding carboxylic acids is 1. The molecule has 0 atom stereocenters. The molecule has 0 unspecified atom stereocenters. The van der Waals surface area contributed by atoms with Crippen LogP contribution < -0.4 is 9.64 Å². The minimum Gasteiger partial charge on any atom is -0.437 e. The zero-order valence-electron chi connectivity index (χ0n) is 15.7. The zero-order valence-corrected chi connectivity index (χ0v) is 18.2. The molecule has 0 bridgehead atoms. The predicted octanol–water partition coefficient (Wildman–Crippen LogP) is 3.39. The smallest absolute Gasteiger partial charge is 0.271 e. The number of fused-ring (bicyclic) bond motifs is 1. The second-order valence-electron chi connectivity index (χ2n) is 6.74. The van der Waals surface area contributed by atoms with E-state index in [1.165, 1.54) is 4.90 Å². The molecule has 156 valence electrons. The van der Waals surface area contributed by atoms with Crippen LogP contribution in [0.25, 0.3) is 0 Å². The maximum Gasteiger partial charge on any atom is 0.271 e. The lowest BCUT2D eigenvalue weighted by Gasteiger charge is -2.19. The van der Waals surface area contributed by atoms with Gasteiger partial charge in [-0.25, -0.2) is 0 Å². The number of nitrogens with zero attached hydrogens (tertiary/aromatic N) is 2. The molecule has 0 aromatic heterocycles. The Labute approximate surface area is 184 Å². The van der Waals surface area contributed by atoms with E-state index < -0.39 is 10.1 Å². The summed E-state index contributed by atoms with van der Waals surface area (Å²) in [4.78, 5) is 16.8. The molecule has 10 heteroatoms. The number of hydrogen-bond acceptors (Lipinski definition) is 7. The third kappa shape index (κ3) is 4.36. The summed E-state index contributed by atoms with van der Waals surface area (Å²) in [6.07, 6.45) is 0.171. The standard InChI is InChI=1S/C20H18N2O5S3/c23-18-17(29-20(28)22(18)13-14-7-2-1-3-8-14)19-21(11-6-12-30(24,25)26)15-9-4-5-10-16(15)27-19/h1-5,7-10H,6,11-13H2,(H,24,25,26)/b19-17-. The number of para-hydroxylation sites is 2. The molecule has 1 N–H and O–H groups in total. The second-order valence-corrected chi connectivity index (χ2v) is 9.96. The quantitative estimate of drug-likeness (QED) is 0.397. The first-order chi connectivity index (χ1) is 14.3. The first kappa shape index (κ1) is 20.9. The lowest BCUT2D eigenvalue weighted by atomic mass is 10.2. The number of thiocarbonyl (C=S) groups is 1. The summed E-state index contributed by atoms with van der Waals surface area (Å²) in [7, 11) is -4.08. The molecule has 0 radical (unpaired) electrons. The minimum absolute atomic E-state index is 0.171. The summed E-state index contributed by atoms with van der Waals surface area (Å²) in [5.74, 6) is 0.275. The van der Waals surface area contributed by atoms with Crippen molar-refractivity contribution in [3.8, 4) is 5.75 Å². The molecule has 2 aliphatic rings. The Hall–Kier alpha value is -2.40. The molecular weight excluding hydrogens is 444 g/mol. The number of amides is 1. The van der Waals surface area contributed by atoms with E-state index in [0.717, 1.165) is 23.0 Å². The van der Waals surface area contributed by atoms with E-state index in [1.54, 1.807) is 11.0 Å². The first-order valence-electron chi connectivity index (χ1n) is 9.15. The van der Waals surface area contributed by atoms with Crippen LogP contribution in [0, 0.1) is 0 Å². The molecule has 2 heterocycles. The van der Waals surface area contributed by atoms with E-state index in [2.05, 4.69) is 0 Å². The van der Waals surface area contributed by atoms with Crippen molar-refractivity contribution in [1.82, 2.24) is 4.90 Å². The predicted molar refractivity (Wildman–Crippen MR) is 120 cm³/mol. The Morgan fingerprint density at radius 3 is 2.47 bits per heavy atom. The van der Waals surface area contributed by atoms with E-state index in [4.69, 9.17) is 21.5 Å². The Morgan fingerprint density at radius 1 is 1.03 bits per heavy atom.